The zero-order valence-electron chi connectivity index (χ0n) is 13.5. The van der Waals surface area contributed by atoms with Crippen LogP contribution >= 0.6 is 0 Å². The molecule has 6 heteroatoms. The van der Waals surface area contributed by atoms with Gasteiger partial charge in [-0.3, -0.25) is 9.59 Å². The molecular formula is C17H21NO5. The second kappa shape index (κ2) is 6.81. The minimum atomic E-state index is -0.856. The molecular weight excluding hydrogens is 298 g/mol. The van der Waals surface area contributed by atoms with Gasteiger partial charge in [0.15, 0.2) is 0 Å². The van der Waals surface area contributed by atoms with E-state index in [2.05, 4.69) is 26.1 Å². The van der Waals surface area contributed by atoms with Crippen LogP contribution in [0.1, 0.15) is 43.1 Å². The quantitative estimate of drug-likeness (QED) is 0.852. The van der Waals surface area contributed by atoms with Crippen LogP contribution in [0, 0.1) is 0 Å². The molecule has 1 heterocycles. The Morgan fingerprint density at radius 3 is 2.43 bits per heavy atom. The van der Waals surface area contributed by atoms with E-state index in [4.69, 9.17) is 9.47 Å². The first-order valence-corrected chi connectivity index (χ1v) is 7.52. The summed E-state index contributed by atoms with van der Waals surface area (Å²) in [6, 6.07) is 7.22. The van der Waals surface area contributed by atoms with Gasteiger partial charge in [-0.05, 0) is 23.1 Å². The van der Waals surface area contributed by atoms with Gasteiger partial charge < -0.3 is 14.8 Å². The number of esters is 2. The molecule has 0 aliphatic carbocycles. The van der Waals surface area contributed by atoms with E-state index < -0.39 is 18.0 Å². The van der Waals surface area contributed by atoms with Crippen molar-refractivity contribution in [3.05, 3.63) is 35.4 Å². The lowest BCUT2D eigenvalue weighted by Gasteiger charge is -2.19. The zero-order chi connectivity index (χ0) is 17.0. The maximum atomic E-state index is 12.0. The minimum absolute atomic E-state index is 0.00863. The molecule has 0 radical (unpaired) electrons. The zero-order valence-corrected chi connectivity index (χ0v) is 13.5. The number of carbonyl (C=O) groups is 3. The fourth-order valence-corrected chi connectivity index (χ4v) is 2.16. The maximum absolute atomic E-state index is 12.0. The number of benzene rings is 1. The molecule has 0 unspecified atom stereocenters. The number of nitrogens with one attached hydrogen (secondary N) is 1. The normalized spacial score (nSPS) is 17.5. The number of hydrogen-bond donors (Lipinski definition) is 1. The Morgan fingerprint density at radius 1 is 1.26 bits per heavy atom. The second-order valence-corrected chi connectivity index (χ2v) is 6.44. The summed E-state index contributed by atoms with van der Waals surface area (Å²) in [5.41, 5.74) is 1.59. The van der Waals surface area contributed by atoms with E-state index in [1.807, 2.05) is 12.1 Å². The molecule has 0 saturated carbocycles. The van der Waals surface area contributed by atoms with Gasteiger partial charge in [-0.2, -0.15) is 0 Å². The first-order chi connectivity index (χ1) is 10.8. The molecule has 2 rings (SSSR count). The van der Waals surface area contributed by atoms with Crippen molar-refractivity contribution >= 4 is 17.8 Å². The Morgan fingerprint density at radius 2 is 1.91 bits per heavy atom. The van der Waals surface area contributed by atoms with Gasteiger partial charge >= 0.3 is 11.9 Å². The standard InChI is InChI=1S/C17H21NO5/c1-17(2,3)12-6-4-11(5-7-12)15(20)18-10-14(19)23-13-8-9-22-16(13)21/h4-7,13H,8-10H2,1-3H3,(H,18,20)/t13-/m0/s1. The lowest BCUT2D eigenvalue weighted by molar-refractivity contribution is -0.159. The van der Waals surface area contributed by atoms with Gasteiger partial charge in [0, 0.05) is 12.0 Å². The van der Waals surface area contributed by atoms with E-state index in [0.717, 1.165) is 5.56 Å². The molecule has 1 aliphatic heterocycles. The molecule has 1 saturated heterocycles. The van der Waals surface area contributed by atoms with Crippen molar-refractivity contribution in [3.8, 4) is 0 Å². The summed E-state index contributed by atoms with van der Waals surface area (Å²) in [6.07, 6.45) is -0.502. The van der Waals surface area contributed by atoms with Crippen molar-refractivity contribution in [2.45, 2.75) is 38.7 Å². The molecule has 23 heavy (non-hydrogen) atoms. The monoisotopic (exact) mass is 319 g/mol. The molecule has 1 aromatic rings. The van der Waals surface area contributed by atoms with Crippen LogP contribution in [0.3, 0.4) is 0 Å². The third kappa shape index (κ3) is 4.55. The van der Waals surface area contributed by atoms with Gasteiger partial charge in [0.05, 0.1) is 6.61 Å². The van der Waals surface area contributed by atoms with Crippen molar-refractivity contribution in [3.63, 3.8) is 0 Å². The van der Waals surface area contributed by atoms with E-state index in [-0.39, 0.29) is 24.5 Å². The first-order valence-electron chi connectivity index (χ1n) is 7.52. The van der Waals surface area contributed by atoms with Gasteiger partial charge in [0.2, 0.25) is 6.10 Å². The van der Waals surface area contributed by atoms with Crippen LogP contribution in [0.15, 0.2) is 24.3 Å². The van der Waals surface area contributed by atoms with E-state index in [0.29, 0.717) is 12.0 Å². The Labute approximate surface area is 135 Å². The number of cyclic esters (lactones) is 1. The SMILES string of the molecule is CC(C)(C)c1ccc(C(=O)NCC(=O)O[C@H]2CCOC2=O)cc1. The first kappa shape index (κ1) is 17.0. The summed E-state index contributed by atoms with van der Waals surface area (Å²) < 4.78 is 9.64. The van der Waals surface area contributed by atoms with Gasteiger partial charge in [0.25, 0.3) is 5.91 Å². The Balaban J connectivity index is 1.84. The van der Waals surface area contributed by atoms with Crippen LogP contribution in [-0.4, -0.2) is 37.1 Å². The molecule has 1 fully saturated rings. The van der Waals surface area contributed by atoms with Crippen LogP contribution in [-0.2, 0) is 24.5 Å². The van der Waals surface area contributed by atoms with Gasteiger partial charge in [0.1, 0.15) is 6.54 Å². The number of amides is 1. The Kier molecular flexibility index (Phi) is 5.03. The van der Waals surface area contributed by atoms with E-state index >= 15 is 0 Å². The molecule has 1 aromatic carbocycles. The maximum Gasteiger partial charge on any atom is 0.347 e. The largest absolute Gasteiger partial charge is 0.463 e. The fraction of sp³-hybridized carbons (Fsp3) is 0.471. The average Bonchev–Trinajstić information content (AvgIpc) is 2.89. The van der Waals surface area contributed by atoms with E-state index in [1.54, 1.807) is 12.1 Å². The second-order valence-electron chi connectivity index (χ2n) is 6.44. The predicted molar refractivity (Wildman–Crippen MR) is 82.9 cm³/mol. The lowest BCUT2D eigenvalue weighted by Crippen LogP contribution is -2.33. The summed E-state index contributed by atoms with van der Waals surface area (Å²) in [7, 11) is 0. The van der Waals surface area contributed by atoms with Gasteiger partial charge in [-0.1, -0.05) is 32.9 Å². The lowest BCUT2D eigenvalue weighted by atomic mass is 9.87. The van der Waals surface area contributed by atoms with E-state index in [1.165, 1.54) is 0 Å². The highest BCUT2D eigenvalue weighted by atomic mass is 16.6. The number of ether oxygens (including phenoxy) is 2. The highest BCUT2D eigenvalue weighted by molar-refractivity contribution is 5.96. The summed E-state index contributed by atoms with van der Waals surface area (Å²) in [5, 5.41) is 2.48. The number of hydrogen-bond acceptors (Lipinski definition) is 5. The van der Waals surface area contributed by atoms with Crippen LogP contribution in [0.5, 0.6) is 0 Å². The summed E-state index contributed by atoms with van der Waals surface area (Å²) in [5.74, 6) is -1.56. The van der Waals surface area contributed by atoms with Gasteiger partial charge in [-0.25, -0.2) is 4.79 Å². The molecule has 1 atom stereocenters. The molecule has 1 aliphatic rings. The molecule has 1 N–H and O–H groups in total. The molecule has 0 spiro atoms. The van der Waals surface area contributed by atoms with Crippen molar-refractivity contribution in [1.29, 1.82) is 0 Å². The van der Waals surface area contributed by atoms with Crippen molar-refractivity contribution in [1.82, 2.24) is 5.32 Å². The summed E-state index contributed by atoms with van der Waals surface area (Å²) >= 11 is 0. The molecule has 0 bridgehead atoms. The van der Waals surface area contributed by atoms with Crippen molar-refractivity contribution in [2.75, 3.05) is 13.2 Å². The van der Waals surface area contributed by atoms with E-state index in [9.17, 15) is 14.4 Å². The summed E-state index contributed by atoms with van der Waals surface area (Å²) in [4.78, 5) is 34.8. The topological polar surface area (TPSA) is 81.7 Å². The smallest absolute Gasteiger partial charge is 0.347 e. The molecule has 0 aromatic heterocycles. The van der Waals surface area contributed by atoms with Crippen molar-refractivity contribution in [2.24, 2.45) is 0 Å². The van der Waals surface area contributed by atoms with Crippen LogP contribution in [0.4, 0.5) is 0 Å². The molecule has 124 valence electrons. The third-order valence-corrected chi connectivity index (χ3v) is 3.57. The van der Waals surface area contributed by atoms with Crippen molar-refractivity contribution < 1.29 is 23.9 Å². The van der Waals surface area contributed by atoms with Crippen LogP contribution in [0.2, 0.25) is 0 Å². The summed E-state index contributed by atoms with van der Waals surface area (Å²) in [6.45, 7) is 6.23. The number of carbonyl (C=O) groups excluding carboxylic acids is 3. The highest BCUT2D eigenvalue weighted by Crippen LogP contribution is 2.22. The number of rotatable bonds is 4. The van der Waals surface area contributed by atoms with Crippen LogP contribution < -0.4 is 5.32 Å². The highest BCUT2D eigenvalue weighted by Gasteiger charge is 2.30. The predicted octanol–water partition coefficient (Wildman–Crippen LogP) is 1.57. The average molecular weight is 319 g/mol. The third-order valence-electron chi connectivity index (χ3n) is 3.57. The fourth-order valence-electron chi connectivity index (χ4n) is 2.16. The van der Waals surface area contributed by atoms with Gasteiger partial charge in [-0.15, -0.1) is 0 Å². The Bertz CT molecular complexity index is 600. The van der Waals surface area contributed by atoms with Crippen LogP contribution in [0.25, 0.3) is 0 Å². The Hall–Kier alpha value is -2.37. The minimum Gasteiger partial charge on any atom is -0.463 e. The molecule has 1 amide bonds. The molecule has 6 nitrogen and oxygen atoms in total.